The van der Waals surface area contributed by atoms with Crippen LogP contribution in [0.4, 0.5) is 5.69 Å². The van der Waals surface area contributed by atoms with Gasteiger partial charge in [0, 0.05) is 19.8 Å². The fraction of sp³-hybridized carbons (Fsp3) is 0.333. The zero-order chi connectivity index (χ0) is 14.7. The van der Waals surface area contributed by atoms with Gasteiger partial charge in [0.15, 0.2) is 5.69 Å². The molecule has 20 heavy (non-hydrogen) atoms. The van der Waals surface area contributed by atoms with E-state index in [1.165, 1.54) is 0 Å². The molecule has 5 nitrogen and oxygen atoms in total. The van der Waals surface area contributed by atoms with E-state index in [-0.39, 0.29) is 5.91 Å². The lowest BCUT2D eigenvalue weighted by atomic mass is 10.2. The van der Waals surface area contributed by atoms with Crippen molar-refractivity contribution in [3.05, 3.63) is 42.2 Å². The Morgan fingerprint density at radius 1 is 1.35 bits per heavy atom. The second-order valence-corrected chi connectivity index (χ2v) is 5.28. The summed E-state index contributed by atoms with van der Waals surface area (Å²) in [4.78, 5) is 13.9. The maximum Gasteiger partial charge on any atom is 0.274 e. The van der Waals surface area contributed by atoms with E-state index >= 15 is 0 Å². The molecule has 0 radical (unpaired) electrons. The highest BCUT2D eigenvalue weighted by molar-refractivity contribution is 5.92. The van der Waals surface area contributed by atoms with Gasteiger partial charge >= 0.3 is 0 Å². The topological polar surface area (TPSA) is 64.2 Å². The van der Waals surface area contributed by atoms with E-state index in [1.807, 2.05) is 24.3 Å². The molecule has 0 bridgehead atoms. The quantitative estimate of drug-likeness (QED) is 0.868. The van der Waals surface area contributed by atoms with Crippen LogP contribution in [-0.2, 0) is 0 Å². The summed E-state index contributed by atoms with van der Waals surface area (Å²) < 4.78 is 1.63. The minimum atomic E-state index is -0.0769. The van der Waals surface area contributed by atoms with Crippen molar-refractivity contribution in [2.45, 2.75) is 13.8 Å². The number of hydrogen-bond acceptors (Lipinski definition) is 3. The van der Waals surface area contributed by atoms with Crippen LogP contribution in [0, 0.1) is 5.92 Å². The van der Waals surface area contributed by atoms with Crippen LogP contribution in [0.1, 0.15) is 24.3 Å². The Balaban J connectivity index is 2.21. The normalized spacial score (nSPS) is 10.8. The van der Waals surface area contributed by atoms with Gasteiger partial charge in [-0.1, -0.05) is 26.0 Å². The SMILES string of the molecule is CC(C)CN(C)C(=O)c1ccn(-c2ccccc2N)n1. The zero-order valence-corrected chi connectivity index (χ0v) is 12.1. The van der Waals surface area contributed by atoms with Gasteiger partial charge in [0.05, 0.1) is 11.4 Å². The average molecular weight is 272 g/mol. The molecule has 1 aromatic heterocycles. The standard InChI is InChI=1S/C15H20N4O/c1-11(2)10-18(3)15(20)13-8-9-19(17-13)14-7-5-4-6-12(14)16/h4-9,11H,10,16H2,1-3H3. The van der Waals surface area contributed by atoms with E-state index in [4.69, 9.17) is 5.73 Å². The summed E-state index contributed by atoms with van der Waals surface area (Å²) in [6, 6.07) is 9.15. The number of carbonyl (C=O) groups excluding carboxylic acids is 1. The van der Waals surface area contributed by atoms with Gasteiger partial charge in [-0.2, -0.15) is 5.10 Å². The molecular formula is C15H20N4O. The van der Waals surface area contributed by atoms with Crippen molar-refractivity contribution in [2.24, 2.45) is 5.92 Å². The summed E-state index contributed by atoms with van der Waals surface area (Å²) in [6.07, 6.45) is 1.75. The minimum Gasteiger partial charge on any atom is -0.397 e. The summed E-state index contributed by atoms with van der Waals surface area (Å²) in [6.45, 7) is 4.86. The second-order valence-electron chi connectivity index (χ2n) is 5.28. The lowest BCUT2D eigenvalue weighted by molar-refractivity contribution is 0.0773. The molecule has 0 spiro atoms. The van der Waals surface area contributed by atoms with Gasteiger partial charge in [-0.15, -0.1) is 0 Å². The summed E-state index contributed by atoms with van der Waals surface area (Å²) in [7, 11) is 1.79. The number of carbonyl (C=O) groups is 1. The lowest BCUT2D eigenvalue weighted by Crippen LogP contribution is -2.30. The Labute approximate surface area is 119 Å². The average Bonchev–Trinajstić information content (AvgIpc) is 2.87. The second kappa shape index (κ2) is 5.77. The molecule has 0 unspecified atom stereocenters. The third kappa shape index (κ3) is 2.99. The molecule has 2 N–H and O–H groups in total. The van der Waals surface area contributed by atoms with E-state index in [0.717, 1.165) is 5.69 Å². The summed E-state index contributed by atoms with van der Waals surface area (Å²) in [5.74, 6) is 0.350. The monoisotopic (exact) mass is 272 g/mol. The van der Waals surface area contributed by atoms with Gasteiger partial charge in [-0.25, -0.2) is 4.68 Å². The largest absolute Gasteiger partial charge is 0.397 e. The molecule has 0 saturated heterocycles. The Hall–Kier alpha value is -2.30. The third-order valence-corrected chi connectivity index (χ3v) is 2.98. The van der Waals surface area contributed by atoms with Crippen molar-refractivity contribution < 1.29 is 4.79 Å². The van der Waals surface area contributed by atoms with Crippen molar-refractivity contribution in [2.75, 3.05) is 19.3 Å². The number of rotatable bonds is 4. The molecule has 5 heteroatoms. The molecule has 2 rings (SSSR count). The Morgan fingerprint density at radius 3 is 2.70 bits per heavy atom. The van der Waals surface area contributed by atoms with E-state index in [1.54, 1.807) is 28.9 Å². The highest BCUT2D eigenvalue weighted by atomic mass is 16.2. The van der Waals surface area contributed by atoms with Gasteiger partial charge in [-0.3, -0.25) is 4.79 Å². The van der Waals surface area contributed by atoms with Crippen LogP contribution in [0.15, 0.2) is 36.5 Å². The smallest absolute Gasteiger partial charge is 0.274 e. The van der Waals surface area contributed by atoms with E-state index in [0.29, 0.717) is 23.8 Å². The molecule has 0 aliphatic rings. The minimum absolute atomic E-state index is 0.0769. The Morgan fingerprint density at radius 2 is 2.05 bits per heavy atom. The first-order valence-electron chi connectivity index (χ1n) is 6.65. The van der Waals surface area contributed by atoms with Gasteiger partial charge in [-0.05, 0) is 24.1 Å². The van der Waals surface area contributed by atoms with Crippen LogP contribution in [-0.4, -0.2) is 34.2 Å². The first-order chi connectivity index (χ1) is 9.49. The fourth-order valence-electron chi connectivity index (χ4n) is 2.09. The number of benzene rings is 1. The fourth-order valence-corrected chi connectivity index (χ4v) is 2.09. The Kier molecular flexibility index (Phi) is 4.08. The van der Waals surface area contributed by atoms with Crippen LogP contribution in [0.3, 0.4) is 0 Å². The molecule has 1 heterocycles. The van der Waals surface area contributed by atoms with Crippen LogP contribution < -0.4 is 5.73 Å². The number of nitrogens with zero attached hydrogens (tertiary/aromatic N) is 3. The van der Waals surface area contributed by atoms with Gasteiger partial charge in [0.25, 0.3) is 5.91 Å². The molecule has 0 atom stereocenters. The summed E-state index contributed by atoms with van der Waals surface area (Å²) >= 11 is 0. The maximum atomic E-state index is 12.2. The predicted molar refractivity (Wildman–Crippen MR) is 79.8 cm³/mol. The predicted octanol–water partition coefficient (Wildman–Crippen LogP) is 2.18. The van der Waals surface area contributed by atoms with Crippen LogP contribution in [0.25, 0.3) is 5.69 Å². The number of anilines is 1. The first-order valence-corrected chi connectivity index (χ1v) is 6.65. The molecule has 0 aliphatic carbocycles. The van der Waals surface area contributed by atoms with Gasteiger partial charge < -0.3 is 10.6 Å². The van der Waals surface area contributed by atoms with Crippen LogP contribution in [0.2, 0.25) is 0 Å². The van der Waals surface area contributed by atoms with Crippen molar-refractivity contribution in [1.29, 1.82) is 0 Å². The molecule has 1 aromatic carbocycles. The highest BCUT2D eigenvalue weighted by Crippen LogP contribution is 2.16. The molecule has 106 valence electrons. The number of nitrogens with two attached hydrogens (primary N) is 1. The molecule has 0 aliphatic heterocycles. The van der Waals surface area contributed by atoms with Crippen molar-refractivity contribution in [1.82, 2.24) is 14.7 Å². The third-order valence-electron chi connectivity index (χ3n) is 2.98. The highest BCUT2D eigenvalue weighted by Gasteiger charge is 2.16. The summed E-state index contributed by atoms with van der Waals surface area (Å²) in [5.41, 5.74) is 7.74. The number of amides is 1. The first kappa shape index (κ1) is 14.1. The molecular weight excluding hydrogens is 252 g/mol. The zero-order valence-electron chi connectivity index (χ0n) is 12.1. The van der Waals surface area contributed by atoms with E-state index in [9.17, 15) is 4.79 Å². The van der Waals surface area contributed by atoms with Gasteiger partial charge in [0.1, 0.15) is 0 Å². The maximum absolute atomic E-state index is 12.2. The van der Waals surface area contributed by atoms with Crippen molar-refractivity contribution >= 4 is 11.6 Å². The van der Waals surface area contributed by atoms with E-state index < -0.39 is 0 Å². The number of nitrogen functional groups attached to an aromatic ring is 1. The van der Waals surface area contributed by atoms with Crippen molar-refractivity contribution in [3.63, 3.8) is 0 Å². The summed E-state index contributed by atoms with van der Waals surface area (Å²) in [5, 5.41) is 4.32. The molecule has 0 fully saturated rings. The lowest BCUT2D eigenvalue weighted by Gasteiger charge is -2.17. The molecule has 2 aromatic rings. The molecule has 0 saturated carbocycles. The van der Waals surface area contributed by atoms with Crippen molar-refractivity contribution in [3.8, 4) is 5.69 Å². The van der Waals surface area contributed by atoms with Gasteiger partial charge in [0.2, 0.25) is 0 Å². The number of hydrogen-bond donors (Lipinski definition) is 1. The molecule has 1 amide bonds. The number of aromatic nitrogens is 2. The number of para-hydroxylation sites is 2. The Bertz CT molecular complexity index is 603. The van der Waals surface area contributed by atoms with Crippen LogP contribution in [0.5, 0.6) is 0 Å². The van der Waals surface area contributed by atoms with Crippen LogP contribution >= 0.6 is 0 Å². The van der Waals surface area contributed by atoms with E-state index in [2.05, 4.69) is 18.9 Å².